The zero-order chi connectivity index (χ0) is 16.1. The molecule has 0 aromatic heterocycles. The molecule has 1 aromatic carbocycles. The molecular weight excluding hydrogens is 326 g/mol. The zero-order valence-corrected chi connectivity index (χ0v) is 14.7. The second-order valence-electron chi connectivity index (χ2n) is 6.51. The molecule has 2 N–H and O–H groups in total. The standard InChI is InChI=1S/C18H25N3O2.ClH/c22-17(11-16-6-2-8-19-16)20-12-14-4-1-5-15(10-14)13-21-9-3-7-18(21)23;/h1,4-5,10,16,19H,2-3,6-9,11-13H2,(H,20,22);1H. The minimum absolute atomic E-state index is 0. The first-order valence-electron chi connectivity index (χ1n) is 8.56. The van der Waals surface area contributed by atoms with E-state index in [2.05, 4.69) is 16.7 Å². The van der Waals surface area contributed by atoms with Crippen molar-refractivity contribution < 1.29 is 9.59 Å². The Kier molecular flexibility index (Phi) is 7.06. The Morgan fingerprint density at radius 3 is 2.83 bits per heavy atom. The van der Waals surface area contributed by atoms with Gasteiger partial charge in [0.25, 0.3) is 0 Å². The molecule has 0 bridgehead atoms. The SMILES string of the molecule is Cl.O=C(CC1CCCN1)NCc1cccc(CN2CCCC2=O)c1. The van der Waals surface area contributed by atoms with E-state index in [1.807, 2.05) is 23.1 Å². The maximum atomic E-state index is 12.0. The van der Waals surface area contributed by atoms with E-state index < -0.39 is 0 Å². The van der Waals surface area contributed by atoms with Crippen LogP contribution in [0.2, 0.25) is 0 Å². The molecule has 5 nitrogen and oxygen atoms in total. The molecule has 2 amide bonds. The van der Waals surface area contributed by atoms with Crippen LogP contribution < -0.4 is 10.6 Å². The van der Waals surface area contributed by atoms with Crippen LogP contribution in [0, 0.1) is 0 Å². The van der Waals surface area contributed by atoms with Gasteiger partial charge in [0, 0.05) is 38.5 Å². The summed E-state index contributed by atoms with van der Waals surface area (Å²) in [5.41, 5.74) is 2.21. The summed E-state index contributed by atoms with van der Waals surface area (Å²) in [4.78, 5) is 25.6. The highest BCUT2D eigenvalue weighted by atomic mass is 35.5. The fourth-order valence-electron chi connectivity index (χ4n) is 3.36. The van der Waals surface area contributed by atoms with E-state index in [9.17, 15) is 9.59 Å². The van der Waals surface area contributed by atoms with Crippen LogP contribution in [0.4, 0.5) is 0 Å². The van der Waals surface area contributed by atoms with Crippen LogP contribution in [-0.2, 0) is 22.7 Å². The van der Waals surface area contributed by atoms with Crippen molar-refractivity contribution >= 4 is 24.2 Å². The third-order valence-corrected chi connectivity index (χ3v) is 4.62. The quantitative estimate of drug-likeness (QED) is 0.824. The highest BCUT2D eigenvalue weighted by molar-refractivity contribution is 5.85. The van der Waals surface area contributed by atoms with E-state index in [0.29, 0.717) is 32.0 Å². The Labute approximate surface area is 149 Å². The number of nitrogens with zero attached hydrogens (tertiary/aromatic N) is 1. The molecule has 1 unspecified atom stereocenters. The van der Waals surface area contributed by atoms with Crippen molar-refractivity contribution in [3.8, 4) is 0 Å². The van der Waals surface area contributed by atoms with E-state index in [-0.39, 0.29) is 24.2 Å². The smallest absolute Gasteiger partial charge is 0.222 e. The summed E-state index contributed by atoms with van der Waals surface area (Å²) >= 11 is 0. The Morgan fingerprint density at radius 1 is 1.29 bits per heavy atom. The fraction of sp³-hybridized carbons (Fsp3) is 0.556. The van der Waals surface area contributed by atoms with Gasteiger partial charge < -0.3 is 15.5 Å². The second-order valence-corrected chi connectivity index (χ2v) is 6.51. The molecule has 2 fully saturated rings. The molecule has 0 spiro atoms. The average molecular weight is 352 g/mol. The molecule has 1 aromatic rings. The summed E-state index contributed by atoms with van der Waals surface area (Å²) in [6.45, 7) is 3.10. The molecule has 0 saturated carbocycles. The summed E-state index contributed by atoms with van der Waals surface area (Å²) in [6.07, 6.45) is 4.44. The topological polar surface area (TPSA) is 61.4 Å². The maximum absolute atomic E-state index is 12.0. The lowest BCUT2D eigenvalue weighted by Crippen LogP contribution is -2.31. The molecule has 2 aliphatic rings. The molecule has 0 radical (unpaired) electrons. The average Bonchev–Trinajstić information content (AvgIpc) is 3.18. The van der Waals surface area contributed by atoms with Crippen LogP contribution >= 0.6 is 12.4 Å². The van der Waals surface area contributed by atoms with E-state index >= 15 is 0 Å². The van der Waals surface area contributed by atoms with Crippen LogP contribution in [0.15, 0.2) is 24.3 Å². The van der Waals surface area contributed by atoms with E-state index in [0.717, 1.165) is 43.5 Å². The van der Waals surface area contributed by atoms with Crippen molar-refractivity contribution in [2.45, 2.75) is 51.2 Å². The van der Waals surface area contributed by atoms with Gasteiger partial charge in [0.1, 0.15) is 0 Å². The van der Waals surface area contributed by atoms with Gasteiger partial charge in [0.15, 0.2) is 0 Å². The van der Waals surface area contributed by atoms with Crippen LogP contribution in [0.5, 0.6) is 0 Å². The molecule has 2 aliphatic heterocycles. The lowest BCUT2D eigenvalue weighted by Gasteiger charge is -2.16. The number of hydrogen-bond donors (Lipinski definition) is 2. The van der Waals surface area contributed by atoms with Gasteiger partial charge in [-0.05, 0) is 36.9 Å². The first-order chi connectivity index (χ1) is 11.2. The Bertz CT molecular complexity index is 573. The Hall–Kier alpha value is -1.59. The summed E-state index contributed by atoms with van der Waals surface area (Å²) in [5, 5.41) is 6.34. The van der Waals surface area contributed by atoms with Crippen LogP contribution in [-0.4, -0.2) is 35.8 Å². The molecule has 132 valence electrons. The number of halogens is 1. The molecule has 2 heterocycles. The lowest BCUT2D eigenvalue weighted by atomic mass is 10.1. The van der Waals surface area contributed by atoms with E-state index in [1.165, 1.54) is 0 Å². The molecule has 2 saturated heterocycles. The number of carbonyl (C=O) groups is 2. The second kappa shape index (κ2) is 9.04. The summed E-state index contributed by atoms with van der Waals surface area (Å²) in [5.74, 6) is 0.345. The normalized spacial score (nSPS) is 20.1. The van der Waals surface area contributed by atoms with Crippen molar-refractivity contribution in [3.05, 3.63) is 35.4 Å². The zero-order valence-electron chi connectivity index (χ0n) is 13.9. The van der Waals surface area contributed by atoms with Gasteiger partial charge in [-0.1, -0.05) is 24.3 Å². The van der Waals surface area contributed by atoms with Crippen LogP contribution in [0.1, 0.15) is 43.2 Å². The highest BCUT2D eigenvalue weighted by Gasteiger charge is 2.20. The van der Waals surface area contributed by atoms with Crippen molar-refractivity contribution in [1.82, 2.24) is 15.5 Å². The Morgan fingerprint density at radius 2 is 2.12 bits per heavy atom. The first-order valence-corrected chi connectivity index (χ1v) is 8.56. The maximum Gasteiger partial charge on any atom is 0.222 e. The predicted molar refractivity (Wildman–Crippen MR) is 95.8 cm³/mol. The van der Waals surface area contributed by atoms with E-state index in [4.69, 9.17) is 0 Å². The Balaban J connectivity index is 0.00000208. The third kappa shape index (κ3) is 5.21. The molecular formula is C18H26ClN3O2. The minimum atomic E-state index is 0. The number of amides is 2. The molecule has 6 heteroatoms. The van der Waals surface area contributed by atoms with Gasteiger partial charge in [-0.15, -0.1) is 12.4 Å². The summed E-state index contributed by atoms with van der Waals surface area (Å²) in [6, 6.07) is 8.47. The third-order valence-electron chi connectivity index (χ3n) is 4.62. The van der Waals surface area contributed by atoms with Crippen LogP contribution in [0.25, 0.3) is 0 Å². The molecule has 1 atom stereocenters. The summed E-state index contributed by atoms with van der Waals surface area (Å²) in [7, 11) is 0. The molecule has 3 rings (SSSR count). The largest absolute Gasteiger partial charge is 0.352 e. The van der Waals surface area contributed by atoms with Crippen LogP contribution in [0.3, 0.4) is 0 Å². The monoisotopic (exact) mass is 351 g/mol. The van der Waals surface area contributed by atoms with Crippen molar-refractivity contribution in [1.29, 1.82) is 0 Å². The highest BCUT2D eigenvalue weighted by Crippen LogP contribution is 2.15. The van der Waals surface area contributed by atoms with Crippen molar-refractivity contribution in [3.63, 3.8) is 0 Å². The first kappa shape index (κ1) is 18.7. The number of nitrogens with one attached hydrogen (secondary N) is 2. The summed E-state index contributed by atoms with van der Waals surface area (Å²) < 4.78 is 0. The number of benzene rings is 1. The minimum Gasteiger partial charge on any atom is -0.352 e. The predicted octanol–water partition coefficient (Wildman–Crippen LogP) is 1.99. The number of rotatable bonds is 6. The number of carbonyl (C=O) groups excluding carboxylic acids is 2. The van der Waals surface area contributed by atoms with Gasteiger partial charge in [0.05, 0.1) is 0 Å². The van der Waals surface area contributed by atoms with Gasteiger partial charge in [0.2, 0.25) is 11.8 Å². The van der Waals surface area contributed by atoms with E-state index in [1.54, 1.807) is 0 Å². The van der Waals surface area contributed by atoms with Gasteiger partial charge >= 0.3 is 0 Å². The van der Waals surface area contributed by atoms with Gasteiger partial charge in [-0.3, -0.25) is 9.59 Å². The molecule has 0 aliphatic carbocycles. The fourth-order valence-corrected chi connectivity index (χ4v) is 3.36. The van der Waals surface area contributed by atoms with Gasteiger partial charge in [-0.25, -0.2) is 0 Å². The number of likely N-dealkylation sites (tertiary alicyclic amines) is 1. The number of hydrogen-bond acceptors (Lipinski definition) is 3. The molecule has 24 heavy (non-hydrogen) atoms. The lowest BCUT2D eigenvalue weighted by molar-refractivity contribution is -0.128. The van der Waals surface area contributed by atoms with Crippen molar-refractivity contribution in [2.75, 3.05) is 13.1 Å². The van der Waals surface area contributed by atoms with Gasteiger partial charge in [-0.2, -0.15) is 0 Å². The van der Waals surface area contributed by atoms with Crippen molar-refractivity contribution in [2.24, 2.45) is 0 Å².